The quantitative estimate of drug-likeness (QED) is 0.196. The van der Waals surface area contributed by atoms with Gasteiger partial charge in [-0.3, -0.25) is 4.79 Å². The summed E-state index contributed by atoms with van der Waals surface area (Å²) in [6.07, 6.45) is -1.10. The van der Waals surface area contributed by atoms with Gasteiger partial charge in [0.25, 0.3) is 0 Å². The van der Waals surface area contributed by atoms with Crippen LogP contribution >= 0.6 is 11.3 Å². The van der Waals surface area contributed by atoms with Crippen molar-refractivity contribution in [2.75, 3.05) is 47.5 Å². The van der Waals surface area contributed by atoms with Crippen LogP contribution in [0.2, 0.25) is 0 Å². The van der Waals surface area contributed by atoms with Crippen molar-refractivity contribution in [3.63, 3.8) is 0 Å². The summed E-state index contributed by atoms with van der Waals surface area (Å²) in [5, 5.41) is 17.7. The summed E-state index contributed by atoms with van der Waals surface area (Å²) in [6.45, 7) is 10.4. The average Bonchev–Trinajstić information content (AvgIpc) is 3.67. The molecule has 1 fully saturated rings. The third kappa shape index (κ3) is 9.70. The highest BCUT2D eigenvalue weighted by Crippen LogP contribution is 2.40. The second-order valence-electron chi connectivity index (χ2n) is 13.4. The van der Waals surface area contributed by atoms with Crippen molar-refractivity contribution in [3.8, 4) is 17.2 Å². The van der Waals surface area contributed by atoms with Gasteiger partial charge in [-0.15, -0.1) is 11.3 Å². The van der Waals surface area contributed by atoms with E-state index >= 15 is 0 Å². The third-order valence-corrected chi connectivity index (χ3v) is 11.3. The van der Waals surface area contributed by atoms with Crippen LogP contribution in [0.25, 0.3) is 0 Å². The lowest BCUT2D eigenvalue weighted by Crippen LogP contribution is -2.57. The lowest BCUT2D eigenvalue weighted by molar-refractivity contribution is -0.128. The van der Waals surface area contributed by atoms with E-state index in [1.54, 1.807) is 9.80 Å². The van der Waals surface area contributed by atoms with E-state index < -0.39 is 34.1 Å². The molecular weight excluding hydrogens is 695 g/mol. The Hall–Kier alpha value is -3.92. The van der Waals surface area contributed by atoms with E-state index in [1.807, 2.05) is 70.3 Å². The van der Waals surface area contributed by atoms with Crippen molar-refractivity contribution in [1.29, 1.82) is 0 Å². The topological polar surface area (TPSA) is 151 Å². The Morgan fingerprint density at radius 1 is 1.02 bits per heavy atom. The van der Waals surface area contributed by atoms with Gasteiger partial charge in [-0.05, 0) is 30.7 Å². The van der Waals surface area contributed by atoms with Gasteiger partial charge in [0.15, 0.2) is 11.5 Å². The Morgan fingerprint density at radius 2 is 1.67 bits per heavy atom. The van der Waals surface area contributed by atoms with E-state index in [0.717, 1.165) is 16.3 Å². The molecule has 13 nitrogen and oxygen atoms in total. The fourth-order valence-corrected chi connectivity index (χ4v) is 8.53. The molecule has 1 unspecified atom stereocenters. The molecule has 3 atom stereocenters. The number of aliphatic hydroxyl groups excluding tert-OH is 1. The van der Waals surface area contributed by atoms with Crippen molar-refractivity contribution in [2.24, 2.45) is 11.8 Å². The summed E-state index contributed by atoms with van der Waals surface area (Å²) < 4.78 is 45.9. The van der Waals surface area contributed by atoms with Crippen molar-refractivity contribution in [2.45, 2.75) is 70.7 Å². The van der Waals surface area contributed by atoms with Gasteiger partial charge in [0.2, 0.25) is 21.7 Å². The van der Waals surface area contributed by atoms with Gasteiger partial charge in [-0.2, -0.15) is 4.31 Å². The monoisotopic (exact) mass is 745 g/mol. The first-order valence-electron chi connectivity index (χ1n) is 17.0. The van der Waals surface area contributed by atoms with Gasteiger partial charge < -0.3 is 34.4 Å². The highest BCUT2D eigenvalue weighted by Gasteiger charge is 2.41. The Morgan fingerprint density at radius 3 is 2.20 bits per heavy atom. The molecule has 1 aromatic heterocycles. The predicted molar refractivity (Wildman–Crippen MR) is 196 cm³/mol. The molecule has 1 saturated heterocycles. The van der Waals surface area contributed by atoms with Crippen LogP contribution in [0.5, 0.6) is 17.2 Å². The second-order valence-corrected chi connectivity index (χ2v) is 16.4. The number of methoxy groups -OCH3 is 3. The lowest BCUT2D eigenvalue weighted by atomic mass is 9.97. The number of nitrogens with zero attached hydrogens (tertiary/aromatic N) is 4. The molecule has 2 aromatic carbocycles. The first-order chi connectivity index (χ1) is 24.2. The summed E-state index contributed by atoms with van der Waals surface area (Å²) in [7, 11) is 0.0207. The maximum absolute atomic E-state index is 14.2. The zero-order chi connectivity index (χ0) is 37.5. The zero-order valence-electron chi connectivity index (χ0n) is 30.7. The molecule has 3 aromatic rings. The van der Waals surface area contributed by atoms with Gasteiger partial charge >= 0.3 is 6.03 Å². The van der Waals surface area contributed by atoms with Gasteiger partial charge in [-0.1, -0.05) is 58.0 Å². The van der Waals surface area contributed by atoms with Crippen molar-refractivity contribution >= 4 is 33.3 Å². The fourth-order valence-electron chi connectivity index (χ4n) is 6.28. The number of hydrogen-bond donors (Lipinski definition) is 2. The minimum absolute atomic E-state index is 0.0906. The van der Waals surface area contributed by atoms with Gasteiger partial charge in [-0.25, -0.2) is 18.2 Å². The van der Waals surface area contributed by atoms with Crippen LogP contribution in [0.3, 0.4) is 0 Å². The van der Waals surface area contributed by atoms with E-state index in [1.165, 1.54) is 49.1 Å². The number of aryl methyl sites for hydroxylation is 1. The fraction of sp³-hybridized carbons (Fsp3) is 0.528. The second kappa shape index (κ2) is 17.5. The smallest absolute Gasteiger partial charge is 0.321 e. The minimum Gasteiger partial charge on any atom is -0.493 e. The van der Waals surface area contributed by atoms with E-state index in [9.17, 15) is 23.1 Å². The van der Waals surface area contributed by atoms with Crippen LogP contribution < -0.4 is 19.5 Å². The summed E-state index contributed by atoms with van der Waals surface area (Å²) in [4.78, 5) is 35.4. The molecule has 0 saturated carbocycles. The average molecular weight is 746 g/mol. The molecule has 0 aliphatic carbocycles. The molecule has 0 bridgehead atoms. The van der Waals surface area contributed by atoms with Gasteiger partial charge in [0.05, 0.1) is 55.6 Å². The van der Waals surface area contributed by atoms with Crippen molar-refractivity contribution in [1.82, 2.24) is 24.4 Å². The number of thiazole rings is 1. The SMILES string of the molecule is COc1cc(S(=O)(=O)N(CC(C)C)C[C@@H](O)[C@H](Cc2ccccc2)NC(=O)C(C(C)C)N2CCN(Cc3csc(C)n3)C2=O)cc(OC)c1OC. The highest BCUT2D eigenvalue weighted by atomic mass is 32.2. The molecule has 4 rings (SSSR count). The van der Waals surface area contributed by atoms with Crippen molar-refractivity contribution in [3.05, 3.63) is 64.1 Å². The van der Waals surface area contributed by atoms with Gasteiger partial charge in [0, 0.05) is 43.7 Å². The molecule has 15 heteroatoms. The minimum atomic E-state index is -4.21. The lowest BCUT2D eigenvalue weighted by Gasteiger charge is -2.34. The largest absolute Gasteiger partial charge is 0.493 e. The number of benzene rings is 2. The number of carbonyl (C=O) groups is 2. The number of carbonyl (C=O) groups excluding carboxylic acids is 2. The van der Waals surface area contributed by atoms with Crippen LogP contribution in [0.4, 0.5) is 4.79 Å². The maximum atomic E-state index is 14.2. The van der Waals surface area contributed by atoms with E-state index in [4.69, 9.17) is 14.2 Å². The number of urea groups is 1. The maximum Gasteiger partial charge on any atom is 0.321 e. The number of aliphatic hydroxyl groups is 1. The molecule has 2 heterocycles. The molecule has 1 aliphatic heterocycles. The summed E-state index contributed by atoms with van der Waals surface area (Å²) in [5.41, 5.74) is 1.64. The molecule has 51 heavy (non-hydrogen) atoms. The number of hydrogen-bond acceptors (Lipinski definition) is 10. The molecule has 3 amide bonds. The Balaban J connectivity index is 1.62. The molecule has 0 radical (unpaired) electrons. The molecular formula is C36H51N5O8S2. The number of amides is 3. The molecule has 280 valence electrons. The standard InChI is InChI=1S/C36H51N5O8S2/c1-23(2)19-40(51(45,46)28-17-31(47-6)34(49-8)32(18-28)48-7)21-30(42)29(16-26-12-10-9-11-13-26)38-35(43)33(24(3)4)41-15-14-39(36(41)44)20-27-22-50-25(5)37-27/h9-13,17-18,22-24,29-30,33,42H,14-16,19-21H2,1-8H3,(H,38,43)/t29-,30+,33?/m0/s1. The zero-order valence-corrected chi connectivity index (χ0v) is 32.3. The van der Waals surface area contributed by atoms with Crippen LogP contribution in [0.1, 0.15) is 44.0 Å². The van der Waals surface area contributed by atoms with E-state index in [0.29, 0.717) is 19.6 Å². The molecule has 1 aliphatic rings. The van der Waals surface area contributed by atoms with Crippen LogP contribution in [-0.4, -0.2) is 110 Å². The summed E-state index contributed by atoms with van der Waals surface area (Å²) in [5.74, 6) is -0.177. The normalized spacial score (nSPS) is 15.4. The van der Waals surface area contributed by atoms with Crippen LogP contribution in [0.15, 0.2) is 52.7 Å². The number of nitrogens with one attached hydrogen (secondary N) is 1. The summed E-state index contributed by atoms with van der Waals surface area (Å²) >= 11 is 1.52. The Labute approximate surface area is 305 Å². The number of ether oxygens (including phenoxy) is 3. The number of sulfonamides is 1. The third-order valence-electron chi connectivity index (χ3n) is 8.71. The van der Waals surface area contributed by atoms with Gasteiger partial charge in [0.1, 0.15) is 6.04 Å². The van der Waals surface area contributed by atoms with E-state index in [-0.39, 0.29) is 59.5 Å². The Kier molecular flexibility index (Phi) is 13.7. The van der Waals surface area contributed by atoms with Crippen LogP contribution in [0, 0.1) is 18.8 Å². The van der Waals surface area contributed by atoms with E-state index in [2.05, 4.69) is 10.3 Å². The summed E-state index contributed by atoms with van der Waals surface area (Å²) in [6, 6.07) is 10.1. The Bertz CT molecular complexity index is 1710. The number of aromatic nitrogens is 1. The highest BCUT2D eigenvalue weighted by molar-refractivity contribution is 7.89. The predicted octanol–water partition coefficient (Wildman–Crippen LogP) is 4.17. The van der Waals surface area contributed by atoms with Crippen molar-refractivity contribution < 1.29 is 37.3 Å². The number of rotatable bonds is 18. The van der Waals surface area contributed by atoms with Crippen LogP contribution in [-0.2, 0) is 27.8 Å². The first-order valence-corrected chi connectivity index (χ1v) is 19.3. The first kappa shape index (κ1) is 39.9. The molecule has 2 N–H and O–H groups in total. The molecule has 0 spiro atoms.